The summed E-state index contributed by atoms with van der Waals surface area (Å²) in [6.45, 7) is 1.78. The second kappa shape index (κ2) is 7.63. The van der Waals surface area contributed by atoms with Crippen molar-refractivity contribution in [2.24, 2.45) is 7.05 Å². The SMILES string of the molecule is Cc1ccc(C(c2ccc(-n3c(=O)c4cc5c(=O)n(C)c(=O)c5cc4c3=O)cc2)C(F)(F)F)cc1. The average Bonchev–Trinajstić information content (AvgIpc) is 3.18. The number of fused-ring (bicyclic) bond motifs is 2. The molecule has 6 nitrogen and oxygen atoms in total. The van der Waals surface area contributed by atoms with E-state index in [9.17, 15) is 32.3 Å². The van der Waals surface area contributed by atoms with Gasteiger partial charge in [-0.3, -0.25) is 23.7 Å². The van der Waals surface area contributed by atoms with Crippen LogP contribution < -0.4 is 22.2 Å². The van der Waals surface area contributed by atoms with E-state index in [0.717, 1.165) is 14.7 Å². The highest BCUT2D eigenvalue weighted by molar-refractivity contribution is 5.98. The van der Waals surface area contributed by atoms with Crippen LogP contribution in [0.15, 0.2) is 79.8 Å². The molecule has 5 rings (SSSR count). The molecule has 9 heteroatoms. The van der Waals surface area contributed by atoms with E-state index in [2.05, 4.69) is 0 Å². The van der Waals surface area contributed by atoms with Crippen molar-refractivity contribution in [3.05, 3.63) is 119 Å². The summed E-state index contributed by atoms with van der Waals surface area (Å²) in [4.78, 5) is 50.6. The summed E-state index contributed by atoms with van der Waals surface area (Å²) in [7, 11) is 1.30. The van der Waals surface area contributed by atoms with Crippen molar-refractivity contribution in [2.45, 2.75) is 19.0 Å². The maximum atomic E-state index is 13.9. The Kier molecular flexibility index (Phi) is 4.91. The molecular weight excluding hydrogens is 461 g/mol. The van der Waals surface area contributed by atoms with Crippen LogP contribution in [0.5, 0.6) is 0 Å². The van der Waals surface area contributed by atoms with E-state index in [1.165, 1.54) is 55.6 Å². The molecule has 0 N–H and O–H groups in total. The van der Waals surface area contributed by atoms with Gasteiger partial charge in [-0.1, -0.05) is 42.0 Å². The van der Waals surface area contributed by atoms with Crippen LogP contribution in [0.2, 0.25) is 0 Å². The van der Waals surface area contributed by atoms with Gasteiger partial charge in [-0.05, 0) is 42.3 Å². The standard InChI is InChI=1S/C26H17F3N2O4/c1-13-3-5-14(6-4-13)21(26(27,28)29)15-7-9-16(10-8-15)31-24(34)19-11-17-18(12-20(19)25(31)35)23(33)30(2)22(17)32/h3-12,21H,1-2H3. The van der Waals surface area contributed by atoms with Gasteiger partial charge >= 0.3 is 6.18 Å². The zero-order valence-corrected chi connectivity index (χ0v) is 18.5. The molecule has 0 aliphatic carbocycles. The molecule has 2 heterocycles. The molecule has 5 aromatic rings. The maximum absolute atomic E-state index is 13.9. The predicted molar refractivity (Wildman–Crippen MR) is 126 cm³/mol. The van der Waals surface area contributed by atoms with Gasteiger partial charge in [-0.2, -0.15) is 13.2 Å². The van der Waals surface area contributed by atoms with Gasteiger partial charge in [0.15, 0.2) is 0 Å². The maximum Gasteiger partial charge on any atom is 0.399 e. The zero-order chi connectivity index (χ0) is 25.2. The molecule has 1 unspecified atom stereocenters. The van der Waals surface area contributed by atoms with Crippen molar-refractivity contribution >= 4 is 21.5 Å². The summed E-state index contributed by atoms with van der Waals surface area (Å²) >= 11 is 0. The molecule has 0 radical (unpaired) electrons. The minimum atomic E-state index is -4.56. The quantitative estimate of drug-likeness (QED) is 0.398. The molecule has 0 amide bonds. The lowest BCUT2D eigenvalue weighted by atomic mass is 9.90. The van der Waals surface area contributed by atoms with Crippen molar-refractivity contribution in [1.82, 2.24) is 9.13 Å². The Bertz CT molecular complexity index is 1740. The van der Waals surface area contributed by atoms with Gasteiger partial charge in [-0.15, -0.1) is 0 Å². The average molecular weight is 478 g/mol. The molecular formula is C26H17F3N2O4. The molecule has 2 aromatic heterocycles. The first-order valence-electron chi connectivity index (χ1n) is 10.6. The number of benzene rings is 3. The number of aromatic nitrogens is 2. The highest BCUT2D eigenvalue weighted by Gasteiger charge is 2.41. The highest BCUT2D eigenvalue weighted by Crippen LogP contribution is 2.40. The van der Waals surface area contributed by atoms with Crippen molar-refractivity contribution in [1.29, 1.82) is 0 Å². The van der Waals surface area contributed by atoms with Crippen molar-refractivity contribution in [3.63, 3.8) is 0 Å². The van der Waals surface area contributed by atoms with Crippen molar-refractivity contribution < 1.29 is 13.2 Å². The van der Waals surface area contributed by atoms with E-state index >= 15 is 0 Å². The zero-order valence-electron chi connectivity index (χ0n) is 18.5. The van der Waals surface area contributed by atoms with E-state index in [1.54, 1.807) is 19.1 Å². The molecule has 176 valence electrons. The van der Waals surface area contributed by atoms with Gasteiger partial charge in [0.25, 0.3) is 22.2 Å². The monoisotopic (exact) mass is 478 g/mol. The van der Waals surface area contributed by atoms with Crippen LogP contribution in [-0.2, 0) is 7.05 Å². The number of alkyl halides is 3. The predicted octanol–water partition coefficient (Wildman–Crippen LogP) is 3.44. The summed E-state index contributed by atoms with van der Waals surface area (Å²) in [6.07, 6.45) is -4.56. The minimum absolute atomic E-state index is 0.0284. The molecule has 0 bridgehead atoms. The third-order valence-electron chi connectivity index (χ3n) is 6.32. The van der Waals surface area contributed by atoms with Gasteiger partial charge in [-0.25, -0.2) is 4.57 Å². The molecule has 0 saturated carbocycles. The van der Waals surface area contributed by atoms with Crippen LogP contribution in [0.1, 0.15) is 22.6 Å². The lowest BCUT2D eigenvalue weighted by molar-refractivity contribution is -0.141. The molecule has 0 aliphatic heterocycles. The Labute approximate surface area is 194 Å². The van der Waals surface area contributed by atoms with Gasteiger partial charge in [0, 0.05) is 7.05 Å². The lowest BCUT2D eigenvalue weighted by Crippen LogP contribution is -2.24. The molecule has 0 saturated heterocycles. The van der Waals surface area contributed by atoms with Crippen LogP contribution in [0.4, 0.5) is 13.2 Å². The fraction of sp³-hybridized carbons (Fsp3) is 0.154. The normalized spacial score (nSPS) is 13.1. The van der Waals surface area contributed by atoms with Crippen LogP contribution >= 0.6 is 0 Å². The first-order valence-corrected chi connectivity index (χ1v) is 10.6. The summed E-state index contributed by atoms with van der Waals surface area (Å²) < 4.78 is 43.5. The van der Waals surface area contributed by atoms with Gasteiger partial charge in [0.2, 0.25) is 0 Å². The Morgan fingerprint density at radius 2 is 1.06 bits per heavy atom. The van der Waals surface area contributed by atoms with Crippen LogP contribution in [0.3, 0.4) is 0 Å². The molecule has 1 atom stereocenters. The van der Waals surface area contributed by atoms with Crippen molar-refractivity contribution in [2.75, 3.05) is 0 Å². The number of nitrogens with zero attached hydrogens (tertiary/aromatic N) is 2. The third-order valence-corrected chi connectivity index (χ3v) is 6.32. The number of aryl methyl sites for hydroxylation is 1. The fourth-order valence-corrected chi connectivity index (χ4v) is 4.47. The summed E-state index contributed by atoms with van der Waals surface area (Å²) in [5.74, 6) is -1.88. The second-order valence-electron chi connectivity index (χ2n) is 8.54. The Morgan fingerprint density at radius 3 is 1.49 bits per heavy atom. The van der Waals surface area contributed by atoms with Gasteiger partial charge in [0.1, 0.15) is 5.92 Å². The molecule has 0 aliphatic rings. The lowest BCUT2D eigenvalue weighted by Gasteiger charge is -2.21. The molecule has 0 fully saturated rings. The number of rotatable bonds is 3. The first kappa shape index (κ1) is 22.5. The van der Waals surface area contributed by atoms with Gasteiger partial charge < -0.3 is 0 Å². The molecule has 0 spiro atoms. The fourth-order valence-electron chi connectivity index (χ4n) is 4.47. The number of hydrogen-bond donors (Lipinski definition) is 0. The Hall–Kier alpha value is -4.27. The smallest absolute Gasteiger partial charge is 0.277 e. The second-order valence-corrected chi connectivity index (χ2v) is 8.54. The van der Waals surface area contributed by atoms with Crippen LogP contribution in [0, 0.1) is 6.92 Å². The summed E-state index contributed by atoms with van der Waals surface area (Å²) in [5.41, 5.74) is -1.65. The van der Waals surface area contributed by atoms with E-state index < -0.39 is 34.3 Å². The van der Waals surface area contributed by atoms with E-state index in [-0.39, 0.29) is 38.4 Å². The summed E-state index contributed by atoms with van der Waals surface area (Å²) in [6, 6.07) is 13.5. The van der Waals surface area contributed by atoms with Crippen LogP contribution in [0.25, 0.3) is 27.2 Å². The van der Waals surface area contributed by atoms with E-state index in [1.807, 2.05) is 0 Å². The third kappa shape index (κ3) is 3.42. The number of halogens is 3. The van der Waals surface area contributed by atoms with Gasteiger partial charge in [0.05, 0.1) is 27.2 Å². The Morgan fingerprint density at radius 1 is 0.657 bits per heavy atom. The largest absolute Gasteiger partial charge is 0.399 e. The molecule has 3 aromatic carbocycles. The first-order chi connectivity index (χ1) is 16.5. The summed E-state index contributed by atoms with van der Waals surface area (Å²) in [5, 5.41) is -0.0226. The molecule has 35 heavy (non-hydrogen) atoms. The minimum Gasteiger partial charge on any atom is -0.277 e. The topological polar surface area (TPSA) is 78.1 Å². The highest BCUT2D eigenvalue weighted by atomic mass is 19.4. The van der Waals surface area contributed by atoms with E-state index in [0.29, 0.717) is 0 Å². The Balaban J connectivity index is 1.65. The van der Waals surface area contributed by atoms with E-state index in [4.69, 9.17) is 0 Å². The number of hydrogen-bond acceptors (Lipinski definition) is 4. The van der Waals surface area contributed by atoms with Crippen molar-refractivity contribution in [3.8, 4) is 5.69 Å². The van der Waals surface area contributed by atoms with Crippen LogP contribution in [-0.4, -0.2) is 15.3 Å².